The summed E-state index contributed by atoms with van der Waals surface area (Å²) in [6, 6.07) is 56.1. The van der Waals surface area contributed by atoms with Crippen molar-refractivity contribution in [1.82, 2.24) is 0 Å². The first kappa shape index (κ1) is 85.6. The molecule has 0 aliphatic carbocycles. The molecule has 0 aliphatic heterocycles. The Labute approximate surface area is 561 Å². The lowest BCUT2D eigenvalue weighted by Gasteiger charge is -2.18. The number of nitriles is 1. The molecule has 510 valence electrons. The number of carbonyl (C=O) groups is 1. The Morgan fingerprint density at radius 2 is 0.763 bits per heavy atom. The molecule has 0 fully saturated rings. The Balaban J connectivity index is 0.00000106. The predicted molar refractivity (Wildman–Crippen MR) is 386 cm³/mol. The molecule has 0 heterocycles. The number of hydrogen-bond acceptors (Lipinski definition) is 5. The minimum absolute atomic E-state index is 0. The van der Waals surface area contributed by atoms with Gasteiger partial charge >= 0.3 is 12.1 Å². The highest BCUT2D eigenvalue weighted by Crippen LogP contribution is 2.32. The lowest BCUT2D eigenvalue weighted by atomic mass is 9.87. The van der Waals surface area contributed by atoms with Crippen LogP contribution < -0.4 is 0 Å². The molecule has 0 atom stereocenters. The molecule has 0 radical (unpaired) electrons. The minimum Gasteiger partial charge on any atom is -0.465 e. The van der Waals surface area contributed by atoms with Crippen molar-refractivity contribution in [1.29, 1.82) is 5.26 Å². The van der Waals surface area contributed by atoms with Crippen LogP contribution in [0.2, 0.25) is 0 Å². The maximum Gasteiger partial charge on any atom is 0.416 e. The zero-order valence-electron chi connectivity index (χ0n) is 60.2. The predicted octanol–water partition coefficient (Wildman–Crippen LogP) is 24.6. The van der Waals surface area contributed by atoms with E-state index in [1.807, 2.05) is 69.3 Å². The molecule has 0 amide bonds. The van der Waals surface area contributed by atoms with E-state index in [1.165, 1.54) is 59.2 Å². The lowest BCUT2D eigenvalue weighted by molar-refractivity contribution is -0.384. The molecule has 0 bridgehead atoms. The van der Waals surface area contributed by atoms with Crippen LogP contribution in [0.1, 0.15) is 219 Å². The lowest BCUT2D eigenvalue weighted by Crippen LogP contribution is -2.11. The van der Waals surface area contributed by atoms with Gasteiger partial charge in [0.05, 0.1) is 34.8 Å². The van der Waals surface area contributed by atoms with Crippen molar-refractivity contribution in [2.24, 2.45) is 37.9 Å². The number of nitrogens with zero attached hydrogens (tertiary/aromatic N) is 2. The minimum atomic E-state index is -4.24. The van der Waals surface area contributed by atoms with Gasteiger partial charge in [-0.05, 0) is 171 Å². The molecule has 6 nitrogen and oxygen atoms in total. The first-order chi connectivity index (χ1) is 42.0. The third-order valence-corrected chi connectivity index (χ3v) is 12.7. The van der Waals surface area contributed by atoms with Gasteiger partial charge in [0, 0.05) is 12.1 Å². The fraction of sp³-hybridized carbons (Fsp3) is 0.470. The Morgan fingerprint density at radius 1 is 0.430 bits per heavy atom. The van der Waals surface area contributed by atoms with Crippen LogP contribution in [-0.2, 0) is 55.9 Å². The number of carbonyl (C=O) groups excluding carboxylic acids is 1. The van der Waals surface area contributed by atoms with Gasteiger partial charge in [-0.1, -0.05) is 280 Å². The van der Waals surface area contributed by atoms with Crippen molar-refractivity contribution in [3.05, 3.63) is 253 Å². The highest BCUT2D eigenvalue weighted by molar-refractivity contribution is 5.89. The first-order valence-electron chi connectivity index (χ1n) is 31.9. The fourth-order valence-electron chi connectivity index (χ4n) is 9.67. The van der Waals surface area contributed by atoms with E-state index in [4.69, 9.17) is 5.26 Å². The van der Waals surface area contributed by atoms with E-state index in [-0.39, 0.29) is 56.9 Å². The van der Waals surface area contributed by atoms with Crippen LogP contribution in [0, 0.1) is 72.1 Å². The van der Waals surface area contributed by atoms with E-state index in [0.29, 0.717) is 22.8 Å². The van der Waals surface area contributed by atoms with Crippen molar-refractivity contribution in [3.63, 3.8) is 0 Å². The van der Waals surface area contributed by atoms with Gasteiger partial charge in [-0.15, -0.1) is 0 Å². The van der Waals surface area contributed by atoms with Gasteiger partial charge in [-0.3, -0.25) is 10.1 Å². The summed E-state index contributed by atoms with van der Waals surface area (Å²) in [4.78, 5) is 21.5. The van der Waals surface area contributed by atoms with Crippen molar-refractivity contribution in [2.75, 3.05) is 7.11 Å². The van der Waals surface area contributed by atoms with Crippen LogP contribution in [0.3, 0.4) is 0 Å². The Morgan fingerprint density at radius 3 is 1.15 bits per heavy atom. The SMILES string of the molecule is C.CC(C)(C)Cc1cccc(C#N)c1.CC(C)(C)Cc1cccc(C(F)(F)F)c1.CC(C)(C)Cc1cccc(F)c1.CC(C)(C)Cc1cccc([N+](=O)[O-])c1.CC(C)(C)Cc1ccccc1.COC(=O)c1cccc(CC(C)(C)C)c1.Cc1cccc(CC(C)(C)C)c1. The largest absolute Gasteiger partial charge is 0.465 e. The van der Waals surface area contributed by atoms with E-state index in [0.717, 1.165) is 66.8 Å². The number of ether oxygens (including phenoxy) is 1. The molecule has 7 aromatic rings. The summed E-state index contributed by atoms with van der Waals surface area (Å²) >= 11 is 0. The van der Waals surface area contributed by atoms with Crippen molar-refractivity contribution >= 4 is 11.7 Å². The highest BCUT2D eigenvalue weighted by atomic mass is 19.4. The molecule has 0 N–H and O–H groups in total. The van der Waals surface area contributed by atoms with Gasteiger partial charge in [-0.25, -0.2) is 9.18 Å². The number of hydrogen-bond donors (Lipinski definition) is 0. The molecule has 7 rings (SSSR count). The van der Waals surface area contributed by atoms with Gasteiger partial charge < -0.3 is 4.74 Å². The van der Waals surface area contributed by atoms with Crippen molar-refractivity contribution < 1.29 is 32.0 Å². The Bertz CT molecular complexity index is 3270. The summed E-state index contributed by atoms with van der Waals surface area (Å²) < 4.78 is 54.6. The summed E-state index contributed by atoms with van der Waals surface area (Å²) in [6.45, 7) is 47.7. The van der Waals surface area contributed by atoms with Crippen LogP contribution in [0.15, 0.2) is 176 Å². The van der Waals surface area contributed by atoms with Crippen LogP contribution in [-0.4, -0.2) is 18.0 Å². The van der Waals surface area contributed by atoms with Crippen LogP contribution in [0.4, 0.5) is 23.2 Å². The van der Waals surface area contributed by atoms with Crippen LogP contribution in [0.5, 0.6) is 0 Å². The number of rotatable bonds is 9. The number of nitro groups is 1. The maximum atomic E-state index is 12.7. The Hall–Kier alpha value is -7.38. The second-order valence-electron chi connectivity index (χ2n) is 32.4. The van der Waals surface area contributed by atoms with Crippen molar-refractivity contribution in [3.8, 4) is 6.07 Å². The third-order valence-electron chi connectivity index (χ3n) is 12.7. The molecule has 0 saturated heterocycles. The number of methoxy groups -OCH3 is 1. The van der Waals surface area contributed by atoms with E-state index in [2.05, 4.69) is 203 Å². The zero-order valence-corrected chi connectivity index (χ0v) is 60.2. The summed E-state index contributed by atoms with van der Waals surface area (Å²) in [7, 11) is 1.40. The fourth-order valence-corrected chi connectivity index (χ4v) is 9.67. The standard InChI is InChI=1S/C13H18O2.C12H15F3.C12H15N.C12H18.C11H15F.C11H15NO2.C11H16.CH4/c1-13(2,3)9-10-6-5-7-11(8-10)12(14)15-4;1-11(2,3)8-9-5-4-6-10(7-9)12(13,14)15;1-12(2,3)8-10-5-4-6-11(7-10)9-13;1-10-6-5-7-11(8-10)9-12(2,3)4;1-11(2,3)8-9-5-4-6-10(12)7-9;1-11(2,3)8-9-5-4-6-10(7-9)12(13)14;1-11(2,3)9-10-7-5-4-6-8-10;/h5-8H,9H2,1-4H3;4-7H,8H2,1-3H3;4-7H,8H2,1-3H3;5-8H,9H2,1-4H3;4-7H,8H2,1-3H3;4-7H,8H2,1-3H3;4-8H,9H2,1-3H3;1H4. The zero-order chi connectivity index (χ0) is 70.5. The van der Waals surface area contributed by atoms with Crippen LogP contribution >= 0.6 is 0 Å². The summed E-state index contributed by atoms with van der Waals surface area (Å²) in [5.74, 6) is -0.414. The molecule has 0 aromatic heterocycles. The number of alkyl halides is 3. The molecule has 7 aromatic carbocycles. The summed E-state index contributed by atoms with van der Waals surface area (Å²) in [6.07, 6.45) is 2.48. The summed E-state index contributed by atoms with van der Waals surface area (Å²) in [5.41, 5.74) is 12.2. The maximum absolute atomic E-state index is 12.7. The number of aryl methyl sites for hydroxylation is 1. The number of benzene rings is 7. The average molecular weight is 1280 g/mol. The van der Waals surface area contributed by atoms with E-state index in [1.54, 1.807) is 36.4 Å². The molecular weight excluding hydrogens is 1160 g/mol. The van der Waals surface area contributed by atoms with E-state index >= 15 is 0 Å². The van der Waals surface area contributed by atoms with Gasteiger partial charge in [0.15, 0.2) is 0 Å². The van der Waals surface area contributed by atoms with E-state index < -0.39 is 11.7 Å². The second-order valence-corrected chi connectivity index (χ2v) is 32.4. The average Bonchev–Trinajstić information content (AvgIpc) is 0.907. The number of esters is 1. The summed E-state index contributed by atoms with van der Waals surface area (Å²) in [5, 5.41) is 19.2. The second kappa shape index (κ2) is 38.7. The van der Waals surface area contributed by atoms with E-state index in [9.17, 15) is 32.5 Å². The molecular formula is C83H116F4N2O4. The van der Waals surface area contributed by atoms with Gasteiger partial charge in [0.1, 0.15) is 5.82 Å². The Kier molecular flexibility index (Phi) is 35.6. The monoisotopic (exact) mass is 1280 g/mol. The van der Waals surface area contributed by atoms with Gasteiger partial charge in [-0.2, -0.15) is 18.4 Å². The highest BCUT2D eigenvalue weighted by Gasteiger charge is 2.30. The van der Waals surface area contributed by atoms with Gasteiger partial charge in [0.25, 0.3) is 5.69 Å². The topological polar surface area (TPSA) is 93.2 Å². The molecule has 0 spiro atoms. The van der Waals surface area contributed by atoms with Crippen molar-refractivity contribution in [2.45, 2.75) is 211 Å². The van der Waals surface area contributed by atoms with Gasteiger partial charge in [0.2, 0.25) is 0 Å². The number of halogens is 4. The molecule has 10 heteroatoms. The van der Waals surface area contributed by atoms with Crippen LogP contribution in [0.25, 0.3) is 0 Å². The number of non-ortho nitro benzene ring substituents is 1. The molecule has 0 unspecified atom stereocenters. The third kappa shape index (κ3) is 44.7. The normalized spacial score (nSPS) is 11.5. The quantitative estimate of drug-likeness (QED) is 0.0621. The smallest absolute Gasteiger partial charge is 0.416 e. The number of nitro benzene ring substituents is 1. The molecule has 0 saturated carbocycles. The molecule has 93 heavy (non-hydrogen) atoms. The molecule has 0 aliphatic rings. The first-order valence-corrected chi connectivity index (χ1v) is 31.9.